The zero-order valence-corrected chi connectivity index (χ0v) is 22.1. The van der Waals surface area contributed by atoms with Gasteiger partial charge in [0.1, 0.15) is 5.78 Å². The first kappa shape index (κ1) is 27.8. The maximum atomic E-state index is 12.4. The normalized spacial score (nSPS) is 21.3. The molecular weight excluding hydrogens is 480 g/mol. The summed E-state index contributed by atoms with van der Waals surface area (Å²) in [6.07, 6.45) is 4.49. The molecule has 2 aromatic carbocycles. The quantitative estimate of drug-likeness (QED) is 0.224. The molecule has 0 aliphatic heterocycles. The highest BCUT2D eigenvalue weighted by Gasteiger charge is 2.40. The van der Waals surface area contributed by atoms with Crippen LogP contribution in [0.25, 0.3) is 10.8 Å². The van der Waals surface area contributed by atoms with E-state index in [9.17, 15) is 19.8 Å². The van der Waals surface area contributed by atoms with E-state index < -0.39 is 12.2 Å². The lowest BCUT2D eigenvalue weighted by Gasteiger charge is -2.18. The second-order valence-electron chi connectivity index (χ2n) is 9.18. The van der Waals surface area contributed by atoms with E-state index in [1.807, 2.05) is 38.1 Å². The lowest BCUT2D eigenvalue weighted by atomic mass is 9.98. The average Bonchev–Trinajstić information content (AvgIpc) is 3.09. The molecule has 0 heterocycles. The van der Waals surface area contributed by atoms with Crippen molar-refractivity contribution >= 4 is 46.0 Å². The van der Waals surface area contributed by atoms with Gasteiger partial charge in [-0.05, 0) is 61.0 Å². The number of fused-ring (bicyclic) bond motifs is 1. The van der Waals surface area contributed by atoms with Gasteiger partial charge in [-0.25, -0.2) is 0 Å². The van der Waals surface area contributed by atoms with E-state index in [-0.39, 0.29) is 35.4 Å². The number of rotatable bonds is 13. The maximum absolute atomic E-state index is 12.4. The van der Waals surface area contributed by atoms with Gasteiger partial charge in [0.2, 0.25) is 0 Å². The van der Waals surface area contributed by atoms with Gasteiger partial charge in [-0.15, -0.1) is 11.8 Å². The molecule has 0 spiro atoms. The summed E-state index contributed by atoms with van der Waals surface area (Å²) in [6.45, 7) is 3.67. The summed E-state index contributed by atoms with van der Waals surface area (Å²) in [5.41, 5.74) is 1.20. The number of aryl methyl sites for hydroxylation is 1. The largest absolute Gasteiger partial charge is 0.462 e. The lowest BCUT2D eigenvalue weighted by Crippen LogP contribution is -2.22. The highest BCUT2D eigenvalue weighted by molar-refractivity contribution is 8.01. The molecule has 0 amide bonds. The Morgan fingerprint density at radius 2 is 1.94 bits per heavy atom. The van der Waals surface area contributed by atoms with E-state index in [0.717, 1.165) is 24.3 Å². The van der Waals surface area contributed by atoms with Crippen molar-refractivity contribution in [2.45, 2.75) is 63.1 Å². The summed E-state index contributed by atoms with van der Waals surface area (Å²) in [7, 11) is 0. The van der Waals surface area contributed by atoms with Gasteiger partial charge in [0.25, 0.3) is 0 Å². The number of esters is 1. The van der Waals surface area contributed by atoms with Crippen LogP contribution in [0.4, 0.5) is 0 Å². The molecular formula is C28H36O5S2. The van der Waals surface area contributed by atoms with Gasteiger partial charge in [0.05, 0.1) is 29.3 Å². The number of hydrogen-bond donors (Lipinski definition) is 2. The third kappa shape index (κ3) is 8.67. The van der Waals surface area contributed by atoms with E-state index in [4.69, 9.17) is 4.74 Å². The fraction of sp³-hybridized carbons (Fsp3) is 0.500. The number of aliphatic hydroxyl groups excluding tert-OH is 2. The van der Waals surface area contributed by atoms with Gasteiger partial charge in [-0.1, -0.05) is 54.6 Å². The number of carbonyl (C=O) groups is 2. The Morgan fingerprint density at radius 3 is 2.74 bits per heavy atom. The summed E-state index contributed by atoms with van der Waals surface area (Å²) >= 11 is 3.10. The van der Waals surface area contributed by atoms with E-state index in [1.54, 1.807) is 17.8 Å². The van der Waals surface area contributed by atoms with Crippen LogP contribution in [0.15, 0.2) is 54.6 Å². The monoisotopic (exact) mass is 516 g/mol. The average molecular weight is 517 g/mol. The predicted octanol–water partition coefficient (Wildman–Crippen LogP) is 4.82. The van der Waals surface area contributed by atoms with Crippen molar-refractivity contribution in [3.63, 3.8) is 0 Å². The van der Waals surface area contributed by atoms with Crippen LogP contribution in [0.2, 0.25) is 0 Å². The lowest BCUT2D eigenvalue weighted by molar-refractivity contribution is -0.144. The molecule has 7 heteroatoms. The molecule has 3 rings (SSSR count). The Kier molecular flexibility index (Phi) is 11.2. The molecule has 1 aliphatic rings. The Bertz CT molecular complexity index is 1000. The molecule has 4 atom stereocenters. The van der Waals surface area contributed by atoms with Crippen molar-refractivity contribution in [2.75, 3.05) is 17.3 Å². The van der Waals surface area contributed by atoms with Crippen molar-refractivity contribution < 1.29 is 24.5 Å². The van der Waals surface area contributed by atoms with Crippen molar-refractivity contribution in [2.24, 2.45) is 5.92 Å². The Labute approximate surface area is 216 Å². The zero-order valence-electron chi connectivity index (χ0n) is 20.5. The predicted molar refractivity (Wildman–Crippen MR) is 146 cm³/mol. The maximum Gasteiger partial charge on any atom is 0.316 e. The molecule has 0 bridgehead atoms. The molecule has 0 radical (unpaired) electrons. The van der Waals surface area contributed by atoms with Crippen molar-refractivity contribution in [1.29, 1.82) is 0 Å². The summed E-state index contributed by atoms with van der Waals surface area (Å²) in [5, 5.41) is 23.1. The molecule has 0 saturated heterocycles. The third-order valence-electron chi connectivity index (χ3n) is 5.98. The van der Waals surface area contributed by atoms with E-state index in [2.05, 4.69) is 24.3 Å². The van der Waals surface area contributed by atoms with Gasteiger partial charge in [0.15, 0.2) is 0 Å². The molecule has 1 aliphatic carbocycles. The van der Waals surface area contributed by atoms with Crippen LogP contribution in [0.3, 0.4) is 0 Å². The van der Waals surface area contributed by atoms with Crippen LogP contribution in [0, 0.1) is 5.92 Å². The Hall–Kier alpha value is -1.80. The smallest absolute Gasteiger partial charge is 0.316 e. The van der Waals surface area contributed by atoms with Gasteiger partial charge < -0.3 is 14.9 Å². The first-order valence-corrected chi connectivity index (χ1v) is 14.5. The van der Waals surface area contributed by atoms with Crippen molar-refractivity contribution in [3.05, 3.63) is 60.2 Å². The van der Waals surface area contributed by atoms with E-state index in [1.165, 1.54) is 28.1 Å². The molecule has 1 saturated carbocycles. The molecule has 1 fully saturated rings. The topological polar surface area (TPSA) is 83.8 Å². The first-order chi connectivity index (χ1) is 16.8. The summed E-state index contributed by atoms with van der Waals surface area (Å²) in [5.74, 6) is 1.52. The second kappa shape index (κ2) is 14.1. The Balaban J connectivity index is 1.44. The molecule has 190 valence electrons. The number of ether oxygens (including phenoxy) is 1. The molecule has 2 N–H and O–H groups in total. The van der Waals surface area contributed by atoms with E-state index in [0.29, 0.717) is 12.2 Å². The number of ketones is 1. The van der Waals surface area contributed by atoms with Crippen molar-refractivity contribution in [1.82, 2.24) is 0 Å². The zero-order chi connectivity index (χ0) is 25.2. The number of benzene rings is 2. The molecule has 0 aromatic heterocycles. The number of hydrogen-bond acceptors (Lipinski definition) is 7. The molecule has 4 unspecified atom stereocenters. The van der Waals surface area contributed by atoms with Crippen molar-refractivity contribution in [3.8, 4) is 0 Å². The van der Waals surface area contributed by atoms with Gasteiger partial charge in [-0.2, -0.15) is 11.8 Å². The van der Waals surface area contributed by atoms with Crippen LogP contribution in [-0.2, 0) is 20.7 Å². The van der Waals surface area contributed by atoms with E-state index >= 15 is 0 Å². The molecule has 2 aromatic rings. The summed E-state index contributed by atoms with van der Waals surface area (Å²) in [6, 6.07) is 14.5. The highest BCUT2D eigenvalue weighted by Crippen LogP contribution is 2.34. The van der Waals surface area contributed by atoms with Crippen LogP contribution in [0.1, 0.15) is 38.7 Å². The van der Waals surface area contributed by atoms with Gasteiger partial charge in [-0.3, -0.25) is 9.59 Å². The minimum atomic E-state index is -0.707. The summed E-state index contributed by atoms with van der Waals surface area (Å²) < 4.78 is 5.12. The first-order valence-electron chi connectivity index (χ1n) is 12.3. The standard InChI is InChI=1S/C28H36O5S2/c1-19(2)33-27(32)18-34-15-6-16-35-28-24(25(30)17-26(28)31)14-13-22(29)12-11-21-9-5-8-20-7-3-4-10-23(20)21/h3-5,7-10,13-14,19,22,24-25,28-30H,6,11-12,15-18H2,1-2H3. The van der Waals surface area contributed by atoms with Gasteiger partial charge in [0, 0.05) is 12.3 Å². The minimum Gasteiger partial charge on any atom is -0.462 e. The molecule has 35 heavy (non-hydrogen) atoms. The molecule has 5 nitrogen and oxygen atoms in total. The number of thioether (sulfide) groups is 2. The van der Waals surface area contributed by atoms with Crippen LogP contribution in [-0.4, -0.2) is 62.8 Å². The number of aliphatic hydroxyl groups is 2. The fourth-order valence-electron chi connectivity index (χ4n) is 4.30. The van der Waals surface area contributed by atoms with Gasteiger partial charge >= 0.3 is 5.97 Å². The summed E-state index contributed by atoms with van der Waals surface area (Å²) in [4.78, 5) is 24.0. The SMILES string of the molecule is CC(C)OC(=O)CSCCCSC1C(=O)CC(O)C1C=CC(O)CCc1cccc2ccccc12. The Morgan fingerprint density at radius 1 is 1.17 bits per heavy atom. The number of Topliss-reactive ketones (excluding diaryl/α,β-unsaturated/α-hetero) is 1. The third-order valence-corrected chi connectivity index (χ3v) is 8.46. The van der Waals surface area contributed by atoms with Crippen LogP contribution >= 0.6 is 23.5 Å². The highest BCUT2D eigenvalue weighted by atomic mass is 32.2. The van der Waals surface area contributed by atoms with Crippen LogP contribution < -0.4 is 0 Å². The van der Waals surface area contributed by atoms with Crippen LogP contribution in [0.5, 0.6) is 0 Å². The number of carbonyl (C=O) groups excluding carboxylic acids is 2. The fourth-order valence-corrected chi connectivity index (χ4v) is 6.55. The second-order valence-corrected chi connectivity index (χ2v) is 11.5. The minimum absolute atomic E-state index is 0.0653.